The maximum atomic E-state index is 12.0. The first-order valence-electron chi connectivity index (χ1n) is 6.37. The van der Waals surface area contributed by atoms with E-state index in [0.717, 1.165) is 17.6 Å². The largest absolute Gasteiger partial charge is 0.454 e. The van der Waals surface area contributed by atoms with Gasteiger partial charge in [0.1, 0.15) is 5.69 Å². The molecule has 0 saturated carbocycles. The normalized spacial score (nSPS) is 12.8. The number of hydrogen-bond acceptors (Lipinski definition) is 3. The molecule has 2 rings (SSSR count). The Kier molecular flexibility index (Phi) is 4.66. The summed E-state index contributed by atoms with van der Waals surface area (Å²) in [6.07, 6.45) is 0. The SMILES string of the molecule is CC[NH+](CC)CC(=O)Nc1c(Br)ccc2c1OCO2. The minimum atomic E-state index is -0.0247. The fraction of sp³-hybridized carbons (Fsp3) is 0.462. The fourth-order valence-electron chi connectivity index (χ4n) is 1.98. The molecule has 0 radical (unpaired) electrons. The van der Waals surface area contributed by atoms with Gasteiger partial charge in [-0.1, -0.05) is 0 Å². The first kappa shape index (κ1) is 14.1. The van der Waals surface area contributed by atoms with E-state index in [0.29, 0.717) is 23.7 Å². The monoisotopic (exact) mass is 329 g/mol. The van der Waals surface area contributed by atoms with Gasteiger partial charge in [0, 0.05) is 4.47 Å². The van der Waals surface area contributed by atoms with Gasteiger partial charge in [-0.05, 0) is 41.9 Å². The number of fused-ring (bicyclic) bond motifs is 1. The van der Waals surface area contributed by atoms with Crippen molar-refractivity contribution in [2.75, 3.05) is 31.7 Å². The smallest absolute Gasteiger partial charge is 0.279 e. The number of carbonyl (C=O) groups excluding carboxylic acids is 1. The van der Waals surface area contributed by atoms with Crippen LogP contribution in [-0.2, 0) is 4.79 Å². The molecule has 1 aromatic rings. The number of hydrogen-bond donors (Lipinski definition) is 2. The van der Waals surface area contributed by atoms with Crippen molar-refractivity contribution >= 4 is 27.5 Å². The number of nitrogens with one attached hydrogen (secondary N) is 2. The van der Waals surface area contributed by atoms with Gasteiger partial charge in [-0.15, -0.1) is 0 Å². The van der Waals surface area contributed by atoms with Crippen LogP contribution in [0.4, 0.5) is 5.69 Å². The van der Waals surface area contributed by atoms with Gasteiger partial charge in [0.25, 0.3) is 5.91 Å². The third-order valence-corrected chi connectivity index (χ3v) is 3.82. The Morgan fingerprint density at radius 2 is 2.11 bits per heavy atom. The third kappa shape index (κ3) is 3.19. The minimum absolute atomic E-state index is 0.0247. The molecule has 104 valence electrons. The molecule has 0 atom stereocenters. The second kappa shape index (κ2) is 6.25. The van der Waals surface area contributed by atoms with E-state index < -0.39 is 0 Å². The van der Waals surface area contributed by atoms with Gasteiger partial charge in [0.2, 0.25) is 6.79 Å². The first-order valence-corrected chi connectivity index (χ1v) is 7.16. The van der Waals surface area contributed by atoms with Crippen molar-refractivity contribution in [1.82, 2.24) is 0 Å². The molecule has 0 fully saturated rings. The summed E-state index contributed by atoms with van der Waals surface area (Å²) < 4.78 is 11.5. The molecule has 6 heteroatoms. The molecule has 0 aromatic heterocycles. The molecular formula is C13H18BrN2O3+. The van der Waals surface area contributed by atoms with E-state index in [-0.39, 0.29) is 12.7 Å². The second-order valence-electron chi connectivity index (χ2n) is 4.34. The second-order valence-corrected chi connectivity index (χ2v) is 5.19. The molecule has 0 bridgehead atoms. The summed E-state index contributed by atoms with van der Waals surface area (Å²) in [5.41, 5.74) is 0.645. The summed E-state index contributed by atoms with van der Waals surface area (Å²) in [5, 5.41) is 2.90. The van der Waals surface area contributed by atoms with Crippen molar-refractivity contribution in [3.05, 3.63) is 16.6 Å². The van der Waals surface area contributed by atoms with Crippen molar-refractivity contribution < 1.29 is 19.2 Å². The van der Waals surface area contributed by atoms with Crippen molar-refractivity contribution in [3.63, 3.8) is 0 Å². The summed E-state index contributed by atoms with van der Waals surface area (Å²) in [4.78, 5) is 13.3. The molecule has 1 aliphatic rings. The Labute approximate surface area is 121 Å². The molecule has 0 unspecified atom stereocenters. The van der Waals surface area contributed by atoms with Crippen LogP contribution in [0.5, 0.6) is 11.5 Å². The molecule has 5 nitrogen and oxygen atoms in total. The van der Waals surface area contributed by atoms with Crippen LogP contribution < -0.4 is 19.7 Å². The highest BCUT2D eigenvalue weighted by molar-refractivity contribution is 9.10. The van der Waals surface area contributed by atoms with Crippen LogP contribution in [0.3, 0.4) is 0 Å². The Morgan fingerprint density at radius 1 is 1.37 bits per heavy atom. The maximum absolute atomic E-state index is 12.0. The van der Waals surface area contributed by atoms with Crippen molar-refractivity contribution in [2.45, 2.75) is 13.8 Å². The molecule has 1 heterocycles. The lowest BCUT2D eigenvalue weighted by molar-refractivity contribution is -0.888. The van der Waals surface area contributed by atoms with Crippen molar-refractivity contribution in [1.29, 1.82) is 0 Å². The zero-order valence-corrected chi connectivity index (χ0v) is 12.7. The Morgan fingerprint density at radius 3 is 2.79 bits per heavy atom. The van der Waals surface area contributed by atoms with Gasteiger partial charge >= 0.3 is 0 Å². The van der Waals surface area contributed by atoms with E-state index >= 15 is 0 Å². The number of rotatable bonds is 5. The van der Waals surface area contributed by atoms with E-state index in [4.69, 9.17) is 9.47 Å². The number of benzene rings is 1. The minimum Gasteiger partial charge on any atom is -0.454 e. The average molecular weight is 330 g/mol. The van der Waals surface area contributed by atoms with Gasteiger partial charge in [-0.25, -0.2) is 0 Å². The Hall–Kier alpha value is -1.27. The molecule has 19 heavy (non-hydrogen) atoms. The van der Waals surface area contributed by atoms with Crippen LogP contribution >= 0.6 is 15.9 Å². The first-order chi connectivity index (χ1) is 9.15. The number of quaternary nitrogens is 1. The van der Waals surface area contributed by atoms with Gasteiger partial charge in [-0.2, -0.15) is 0 Å². The molecule has 0 spiro atoms. The van der Waals surface area contributed by atoms with Crippen LogP contribution in [0.25, 0.3) is 0 Å². The van der Waals surface area contributed by atoms with E-state index in [2.05, 4.69) is 35.1 Å². The van der Waals surface area contributed by atoms with Crippen LogP contribution in [-0.4, -0.2) is 32.3 Å². The summed E-state index contributed by atoms with van der Waals surface area (Å²) in [6, 6.07) is 3.66. The topological polar surface area (TPSA) is 52.0 Å². The molecule has 0 aliphatic carbocycles. The van der Waals surface area contributed by atoms with E-state index in [1.807, 2.05) is 12.1 Å². The van der Waals surface area contributed by atoms with Crippen molar-refractivity contribution in [3.8, 4) is 11.5 Å². The molecule has 1 amide bonds. The highest BCUT2D eigenvalue weighted by Crippen LogP contribution is 2.43. The summed E-state index contributed by atoms with van der Waals surface area (Å²) in [7, 11) is 0. The van der Waals surface area contributed by atoms with E-state index in [9.17, 15) is 4.79 Å². The van der Waals surface area contributed by atoms with Crippen LogP contribution in [0.2, 0.25) is 0 Å². The predicted octanol–water partition coefficient (Wildman–Crippen LogP) is 1.04. The predicted molar refractivity (Wildman–Crippen MR) is 75.8 cm³/mol. The zero-order chi connectivity index (χ0) is 13.8. The number of halogens is 1. The lowest BCUT2D eigenvalue weighted by Crippen LogP contribution is -3.12. The number of ether oxygens (including phenoxy) is 2. The van der Waals surface area contributed by atoms with Crippen LogP contribution in [0.15, 0.2) is 16.6 Å². The third-order valence-electron chi connectivity index (χ3n) is 3.16. The average Bonchev–Trinajstić information content (AvgIpc) is 2.88. The quantitative estimate of drug-likeness (QED) is 0.848. The van der Waals surface area contributed by atoms with Gasteiger partial charge in [0.15, 0.2) is 18.0 Å². The van der Waals surface area contributed by atoms with Gasteiger partial charge in [0.05, 0.1) is 13.1 Å². The van der Waals surface area contributed by atoms with E-state index in [1.165, 1.54) is 4.90 Å². The molecule has 1 aliphatic heterocycles. The fourth-order valence-corrected chi connectivity index (χ4v) is 2.39. The van der Waals surface area contributed by atoms with Crippen LogP contribution in [0, 0.1) is 0 Å². The van der Waals surface area contributed by atoms with E-state index in [1.54, 1.807) is 0 Å². The lowest BCUT2D eigenvalue weighted by Gasteiger charge is -2.16. The number of carbonyl (C=O) groups is 1. The molecular weight excluding hydrogens is 312 g/mol. The number of anilines is 1. The lowest BCUT2D eigenvalue weighted by atomic mass is 10.2. The van der Waals surface area contributed by atoms with Crippen molar-refractivity contribution in [2.24, 2.45) is 0 Å². The van der Waals surface area contributed by atoms with Crippen LogP contribution in [0.1, 0.15) is 13.8 Å². The standard InChI is InChI=1S/C13H17BrN2O3/c1-3-16(4-2)7-11(17)15-12-9(14)5-6-10-13(12)19-8-18-10/h5-6H,3-4,7-8H2,1-2H3,(H,15,17)/p+1. The maximum Gasteiger partial charge on any atom is 0.279 e. The number of amides is 1. The summed E-state index contributed by atoms with van der Waals surface area (Å²) in [6.45, 7) is 6.63. The zero-order valence-electron chi connectivity index (χ0n) is 11.1. The summed E-state index contributed by atoms with van der Waals surface area (Å²) in [5.74, 6) is 1.23. The summed E-state index contributed by atoms with van der Waals surface area (Å²) >= 11 is 3.42. The molecule has 2 N–H and O–H groups in total. The highest BCUT2D eigenvalue weighted by Gasteiger charge is 2.22. The van der Waals surface area contributed by atoms with Gasteiger partial charge in [-0.3, -0.25) is 4.79 Å². The molecule has 1 aromatic carbocycles. The Bertz CT molecular complexity index is 475. The Balaban J connectivity index is 2.11. The van der Waals surface area contributed by atoms with Gasteiger partial charge < -0.3 is 19.7 Å². The molecule has 0 saturated heterocycles. The number of likely N-dealkylation sites (N-methyl/N-ethyl adjacent to an activating group) is 1. The highest BCUT2D eigenvalue weighted by atomic mass is 79.9.